The van der Waals surface area contributed by atoms with Crippen molar-refractivity contribution in [2.24, 2.45) is 0 Å². The van der Waals surface area contributed by atoms with Gasteiger partial charge in [-0.25, -0.2) is 0 Å². The van der Waals surface area contributed by atoms with Crippen LogP contribution in [-0.4, -0.2) is 15.1 Å². The van der Waals surface area contributed by atoms with Crippen molar-refractivity contribution in [2.45, 2.75) is 26.4 Å². The zero-order chi connectivity index (χ0) is 12.8. The number of hydrogen-bond acceptors (Lipinski definition) is 1. The Morgan fingerprint density at radius 3 is 1.72 bits per heavy atom. The third-order valence-electron chi connectivity index (χ3n) is 3.15. The average Bonchev–Trinajstić information content (AvgIpc) is 2.46. The van der Waals surface area contributed by atoms with E-state index in [0.29, 0.717) is 6.10 Å². The molecule has 1 nitrogen and oxygen atoms in total. The maximum absolute atomic E-state index is 6.31. The Bertz CT molecular complexity index is 416. The first kappa shape index (κ1) is 13.1. The summed E-state index contributed by atoms with van der Waals surface area (Å²) in [6, 6.07) is 21.2. The molecule has 2 rings (SSSR count). The summed E-state index contributed by atoms with van der Waals surface area (Å²) >= 11 is 0. The van der Waals surface area contributed by atoms with E-state index in [1.807, 2.05) is 0 Å². The van der Waals surface area contributed by atoms with Crippen molar-refractivity contribution in [1.82, 2.24) is 0 Å². The summed E-state index contributed by atoms with van der Waals surface area (Å²) in [5, 5.41) is 2.70. The lowest BCUT2D eigenvalue weighted by molar-refractivity contribution is 0.226. The molecule has 18 heavy (non-hydrogen) atoms. The smallest absolute Gasteiger partial charge is 0.240 e. The molecule has 1 atom stereocenters. The maximum Gasteiger partial charge on any atom is 0.240 e. The summed E-state index contributed by atoms with van der Waals surface area (Å²) in [5.74, 6) is 0. The van der Waals surface area contributed by atoms with Gasteiger partial charge < -0.3 is 4.43 Å². The van der Waals surface area contributed by atoms with Crippen LogP contribution in [0.15, 0.2) is 60.7 Å². The fourth-order valence-corrected chi connectivity index (χ4v) is 4.43. The molecule has 0 aromatic heterocycles. The molecule has 0 saturated carbocycles. The molecule has 0 amide bonds. The van der Waals surface area contributed by atoms with Crippen LogP contribution in [0.5, 0.6) is 0 Å². The molecule has 2 aromatic rings. The zero-order valence-electron chi connectivity index (χ0n) is 11.0. The third kappa shape index (κ3) is 3.31. The van der Waals surface area contributed by atoms with Gasteiger partial charge in [0.15, 0.2) is 0 Å². The highest BCUT2D eigenvalue weighted by molar-refractivity contribution is 6.80. The molecule has 0 spiro atoms. The van der Waals surface area contributed by atoms with Crippen molar-refractivity contribution in [3.63, 3.8) is 0 Å². The van der Waals surface area contributed by atoms with E-state index in [0.717, 1.165) is 6.42 Å². The topological polar surface area (TPSA) is 9.23 Å². The first-order valence-electron chi connectivity index (χ1n) is 6.56. The molecule has 2 heteroatoms. The Balaban J connectivity index is 2.29. The lowest BCUT2D eigenvalue weighted by Gasteiger charge is -2.21. The average molecular weight is 256 g/mol. The van der Waals surface area contributed by atoms with Crippen LogP contribution in [0.4, 0.5) is 0 Å². The largest absolute Gasteiger partial charge is 0.408 e. The fraction of sp³-hybridized carbons (Fsp3) is 0.250. The quantitative estimate of drug-likeness (QED) is 0.746. The molecule has 0 bridgehead atoms. The Kier molecular flexibility index (Phi) is 4.73. The molecule has 0 aliphatic carbocycles. The van der Waals surface area contributed by atoms with E-state index in [1.165, 1.54) is 10.4 Å². The maximum atomic E-state index is 6.31. The summed E-state index contributed by atoms with van der Waals surface area (Å²) in [7, 11) is -1.53. The van der Waals surface area contributed by atoms with Gasteiger partial charge in [-0.3, -0.25) is 0 Å². The van der Waals surface area contributed by atoms with Crippen molar-refractivity contribution in [1.29, 1.82) is 0 Å². The van der Waals surface area contributed by atoms with Gasteiger partial charge in [0.05, 0.1) is 0 Å². The van der Waals surface area contributed by atoms with Crippen LogP contribution in [0.2, 0.25) is 0 Å². The van der Waals surface area contributed by atoms with Crippen LogP contribution < -0.4 is 10.4 Å². The first-order chi connectivity index (χ1) is 8.81. The Morgan fingerprint density at radius 1 is 0.889 bits per heavy atom. The normalized spacial score (nSPS) is 12.6. The van der Waals surface area contributed by atoms with Crippen molar-refractivity contribution in [2.75, 3.05) is 0 Å². The van der Waals surface area contributed by atoms with Crippen molar-refractivity contribution >= 4 is 19.4 Å². The zero-order valence-corrected chi connectivity index (χ0v) is 12.2. The molecule has 0 radical (unpaired) electrons. The van der Waals surface area contributed by atoms with Gasteiger partial charge in [-0.1, -0.05) is 67.6 Å². The fourth-order valence-electron chi connectivity index (χ4n) is 1.93. The van der Waals surface area contributed by atoms with Crippen LogP contribution >= 0.6 is 0 Å². The van der Waals surface area contributed by atoms with Crippen LogP contribution in [-0.2, 0) is 4.43 Å². The van der Waals surface area contributed by atoms with Crippen LogP contribution in [0, 0.1) is 0 Å². The number of benzene rings is 2. The van der Waals surface area contributed by atoms with E-state index in [2.05, 4.69) is 74.5 Å². The van der Waals surface area contributed by atoms with Gasteiger partial charge in [0, 0.05) is 6.10 Å². The number of hydrogen-bond donors (Lipinski definition) is 0. The minimum absolute atomic E-state index is 0.321. The minimum Gasteiger partial charge on any atom is -0.408 e. The van der Waals surface area contributed by atoms with Gasteiger partial charge in [0.2, 0.25) is 9.04 Å². The lowest BCUT2D eigenvalue weighted by Crippen LogP contribution is -2.46. The molecule has 0 aliphatic heterocycles. The minimum atomic E-state index is -1.53. The second-order valence-corrected chi connectivity index (χ2v) is 6.92. The highest BCUT2D eigenvalue weighted by Gasteiger charge is 2.19. The van der Waals surface area contributed by atoms with E-state index in [4.69, 9.17) is 4.43 Å². The second kappa shape index (κ2) is 6.52. The van der Waals surface area contributed by atoms with Gasteiger partial charge in [-0.2, -0.15) is 0 Å². The van der Waals surface area contributed by atoms with Gasteiger partial charge in [0.1, 0.15) is 0 Å². The summed E-state index contributed by atoms with van der Waals surface area (Å²) in [6.07, 6.45) is 1.38. The molecule has 1 unspecified atom stereocenters. The van der Waals surface area contributed by atoms with E-state index >= 15 is 0 Å². The molecule has 2 aromatic carbocycles. The van der Waals surface area contributed by atoms with E-state index in [1.54, 1.807) is 0 Å². The van der Waals surface area contributed by atoms with Gasteiger partial charge >= 0.3 is 0 Å². The molecule has 0 N–H and O–H groups in total. The Hall–Kier alpha value is -1.38. The van der Waals surface area contributed by atoms with Gasteiger partial charge in [-0.15, -0.1) is 0 Å². The Morgan fingerprint density at radius 2 is 1.33 bits per heavy atom. The molecule has 0 aliphatic rings. The third-order valence-corrected chi connectivity index (χ3v) is 5.87. The molecule has 0 saturated heterocycles. The van der Waals surface area contributed by atoms with Crippen LogP contribution in [0.1, 0.15) is 20.3 Å². The van der Waals surface area contributed by atoms with Gasteiger partial charge in [0.25, 0.3) is 0 Å². The molecule has 94 valence electrons. The van der Waals surface area contributed by atoms with Gasteiger partial charge in [-0.05, 0) is 23.7 Å². The predicted octanol–water partition coefficient (Wildman–Crippen LogP) is 2.34. The summed E-state index contributed by atoms with van der Waals surface area (Å²) < 4.78 is 6.31. The van der Waals surface area contributed by atoms with Crippen LogP contribution in [0.3, 0.4) is 0 Å². The lowest BCUT2D eigenvalue weighted by atomic mass is 10.3. The van der Waals surface area contributed by atoms with E-state index in [-0.39, 0.29) is 0 Å². The summed E-state index contributed by atoms with van der Waals surface area (Å²) in [4.78, 5) is 0. The molecule has 0 heterocycles. The molecule has 0 fully saturated rings. The summed E-state index contributed by atoms with van der Waals surface area (Å²) in [6.45, 7) is 4.33. The number of rotatable bonds is 5. The molecular weight excluding hydrogens is 236 g/mol. The van der Waals surface area contributed by atoms with E-state index in [9.17, 15) is 0 Å². The van der Waals surface area contributed by atoms with Crippen LogP contribution in [0.25, 0.3) is 0 Å². The van der Waals surface area contributed by atoms with Crippen molar-refractivity contribution in [3.8, 4) is 0 Å². The van der Waals surface area contributed by atoms with Crippen molar-refractivity contribution < 1.29 is 4.43 Å². The first-order valence-corrected chi connectivity index (χ1v) is 8.19. The second-order valence-electron chi connectivity index (χ2n) is 4.56. The standard InChI is InChI=1S/C16H20OSi/c1-3-14(2)17-18(15-10-6-4-7-11-15)16-12-8-5-9-13-16/h4-14,18H,3H2,1-2H3. The summed E-state index contributed by atoms with van der Waals surface area (Å²) in [5.41, 5.74) is 0. The Labute approximate surface area is 111 Å². The highest BCUT2D eigenvalue weighted by atomic mass is 28.3. The van der Waals surface area contributed by atoms with Crippen molar-refractivity contribution in [3.05, 3.63) is 60.7 Å². The highest BCUT2D eigenvalue weighted by Crippen LogP contribution is 2.01. The predicted molar refractivity (Wildman–Crippen MR) is 80.1 cm³/mol. The van der Waals surface area contributed by atoms with E-state index < -0.39 is 9.04 Å². The molecular formula is C16H20OSi. The monoisotopic (exact) mass is 256 g/mol. The SMILES string of the molecule is CCC(C)O[SiH](c1ccccc1)c1ccccc1.